The Kier molecular flexibility index (Phi) is 7.72. The van der Waals surface area contributed by atoms with Gasteiger partial charge in [-0.05, 0) is 11.6 Å². The molecule has 0 aliphatic heterocycles. The van der Waals surface area contributed by atoms with E-state index in [0.29, 0.717) is 6.07 Å². The van der Waals surface area contributed by atoms with Crippen LogP contribution in [0.2, 0.25) is 0 Å². The Bertz CT molecular complexity index is 977. The van der Waals surface area contributed by atoms with E-state index < -0.39 is 75.6 Å². The molecule has 5 nitrogen and oxygen atoms in total. The lowest BCUT2D eigenvalue weighted by Gasteiger charge is -2.38. The van der Waals surface area contributed by atoms with Gasteiger partial charge in [-0.15, -0.1) is 0 Å². The fourth-order valence-corrected chi connectivity index (χ4v) is 2.78. The van der Waals surface area contributed by atoms with Crippen LogP contribution in [0.25, 0.3) is 0 Å². The molecule has 18 heteroatoms. The van der Waals surface area contributed by atoms with Crippen molar-refractivity contribution in [2.45, 2.75) is 41.8 Å². The van der Waals surface area contributed by atoms with E-state index in [1.807, 2.05) is 0 Å². The maximum Gasteiger partial charge on any atom is 0.384 e. The Morgan fingerprint density at radius 2 is 1.36 bits per heavy atom. The van der Waals surface area contributed by atoms with Crippen molar-refractivity contribution in [3.05, 3.63) is 35.4 Å². The quantitative estimate of drug-likeness (QED) is 0.270. The number of halogens is 12. The van der Waals surface area contributed by atoms with E-state index in [9.17, 15) is 65.9 Å². The molecule has 0 saturated carbocycles. The van der Waals surface area contributed by atoms with Crippen LogP contribution in [0.1, 0.15) is 15.9 Å². The van der Waals surface area contributed by atoms with Crippen molar-refractivity contribution < 1.29 is 75.2 Å². The zero-order valence-corrected chi connectivity index (χ0v) is 16.1. The molecule has 0 amide bonds. The topological polar surface area (TPSA) is 80.7 Å². The van der Waals surface area contributed by atoms with Gasteiger partial charge in [-0.2, -0.15) is 52.3 Å². The summed E-state index contributed by atoms with van der Waals surface area (Å²) in [5.74, 6) is -40.1. The fraction of sp³-hybridized carbons (Fsp3) is 0.533. The molecule has 1 aromatic rings. The second-order valence-corrected chi connectivity index (χ2v) is 7.76. The molecule has 190 valence electrons. The van der Waals surface area contributed by atoms with Gasteiger partial charge in [0.05, 0.1) is 5.56 Å². The zero-order valence-electron chi connectivity index (χ0n) is 15.3. The maximum atomic E-state index is 13.7. The number of ether oxygens (including phenoxy) is 1. The van der Waals surface area contributed by atoms with Crippen LogP contribution in [0.3, 0.4) is 0 Å². The number of carbonyl (C=O) groups excluding carboxylic acids is 1. The van der Waals surface area contributed by atoms with Crippen LogP contribution in [0.4, 0.5) is 52.7 Å². The van der Waals surface area contributed by atoms with E-state index in [1.54, 1.807) is 0 Å². The van der Waals surface area contributed by atoms with E-state index in [1.165, 1.54) is 0 Å². The van der Waals surface area contributed by atoms with Gasteiger partial charge in [0.2, 0.25) is 0 Å². The number of hydrogen-bond donors (Lipinski definition) is 1. The average molecular weight is 530 g/mol. The number of rotatable bonds is 10. The van der Waals surface area contributed by atoms with Gasteiger partial charge in [-0.3, -0.25) is 4.55 Å². The first-order valence-electron chi connectivity index (χ1n) is 7.90. The van der Waals surface area contributed by atoms with Gasteiger partial charge in [-0.25, -0.2) is 13.6 Å². The molecule has 0 heterocycles. The van der Waals surface area contributed by atoms with Gasteiger partial charge in [0.1, 0.15) is 5.75 Å². The molecule has 0 saturated heterocycles. The van der Waals surface area contributed by atoms with Crippen molar-refractivity contribution in [1.29, 1.82) is 0 Å². The normalized spacial score (nSPS) is 14.5. The van der Waals surface area contributed by atoms with Gasteiger partial charge in [-0.1, -0.05) is 18.2 Å². The van der Waals surface area contributed by atoms with Crippen molar-refractivity contribution >= 4 is 16.1 Å². The summed E-state index contributed by atoms with van der Waals surface area (Å²) in [6.07, 6.45) is -5.65. The van der Waals surface area contributed by atoms with Crippen LogP contribution in [0.15, 0.2) is 24.3 Å². The third-order valence-electron chi connectivity index (χ3n) is 3.90. The molecular weight excluding hydrogens is 520 g/mol. The molecule has 33 heavy (non-hydrogen) atoms. The van der Waals surface area contributed by atoms with Crippen molar-refractivity contribution in [3.8, 4) is 0 Å². The highest BCUT2D eigenvalue weighted by atomic mass is 32.2. The van der Waals surface area contributed by atoms with Crippen LogP contribution in [0, 0.1) is 0 Å². The second kappa shape index (κ2) is 8.84. The molecule has 0 aliphatic carbocycles. The first-order chi connectivity index (χ1) is 14.5. The van der Waals surface area contributed by atoms with Gasteiger partial charge in [0.25, 0.3) is 10.1 Å². The Morgan fingerprint density at radius 3 is 1.82 bits per heavy atom. The average Bonchev–Trinajstić information content (AvgIpc) is 2.64. The largest absolute Gasteiger partial charge is 0.455 e. The Balaban J connectivity index is 3.23. The fourth-order valence-electron chi connectivity index (χ4n) is 2.14. The molecule has 0 aliphatic rings. The Hall–Kier alpha value is -2.24. The molecule has 0 fully saturated rings. The van der Waals surface area contributed by atoms with Crippen LogP contribution < -0.4 is 0 Å². The molecule has 0 aromatic heterocycles. The first-order valence-corrected chi connectivity index (χ1v) is 9.51. The summed E-state index contributed by atoms with van der Waals surface area (Å²) in [4.78, 5) is 11.8. The van der Waals surface area contributed by atoms with Crippen molar-refractivity contribution in [3.63, 3.8) is 0 Å². The molecule has 1 aromatic carbocycles. The summed E-state index contributed by atoms with van der Waals surface area (Å²) in [6.45, 7) is -3.15. The van der Waals surface area contributed by atoms with Crippen molar-refractivity contribution in [2.75, 3.05) is 6.61 Å². The Labute approximate surface area is 176 Å². The van der Waals surface area contributed by atoms with E-state index in [4.69, 9.17) is 4.55 Å². The summed E-state index contributed by atoms with van der Waals surface area (Å²) in [5, 5.41) is 0. The predicted molar refractivity (Wildman–Crippen MR) is 82.7 cm³/mol. The minimum atomic E-state index is -7.78. The lowest BCUT2D eigenvalue weighted by molar-refractivity contribution is -0.414. The SMILES string of the molecule is O=C(OCC(F)(F)C(F)(F)C(F)(F)C(F)(F)C(F)(F)C(F)F)c1ccccc1CS(=O)(=O)O. The van der Waals surface area contributed by atoms with Crippen LogP contribution in [-0.2, 0) is 20.6 Å². The van der Waals surface area contributed by atoms with Crippen molar-refractivity contribution in [2.24, 2.45) is 0 Å². The number of esters is 1. The van der Waals surface area contributed by atoms with Crippen LogP contribution in [-0.4, -0.2) is 61.6 Å². The van der Waals surface area contributed by atoms with Gasteiger partial charge in [0, 0.05) is 0 Å². The number of benzene rings is 1. The highest BCUT2D eigenvalue weighted by Gasteiger charge is 2.87. The summed E-state index contributed by atoms with van der Waals surface area (Å²) in [7, 11) is -4.85. The smallest absolute Gasteiger partial charge is 0.384 e. The minimum absolute atomic E-state index is 0.644. The molecule has 0 radical (unpaired) electrons. The maximum absolute atomic E-state index is 13.7. The predicted octanol–water partition coefficient (Wildman–Crippen LogP) is 4.67. The molecule has 0 spiro atoms. The molecule has 0 atom stereocenters. The summed E-state index contributed by atoms with van der Waals surface area (Å²) >= 11 is 0. The third kappa shape index (κ3) is 5.30. The van der Waals surface area contributed by atoms with E-state index in [0.717, 1.165) is 18.2 Å². The second-order valence-electron chi connectivity index (χ2n) is 6.31. The van der Waals surface area contributed by atoms with E-state index in [-0.39, 0.29) is 0 Å². The number of carbonyl (C=O) groups is 1. The molecule has 1 N–H and O–H groups in total. The highest BCUT2D eigenvalue weighted by Crippen LogP contribution is 2.58. The van der Waals surface area contributed by atoms with E-state index in [2.05, 4.69) is 4.74 Å². The van der Waals surface area contributed by atoms with Gasteiger partial charge >= 0.3 is 42.0 Å². The van der Waals surface area contributed by atoms with Gasteiger partial charge < -0.3 is 4.74 Å². The minimum Gasteiger partial charge on any atom is -0.455 e. The first kappa shape index (κ1) is 28.8. The van der Waals surface area contributed by atoms with Crippen LogP contribution in [0.5, 0.6) is 0 Å². The summed E-state index contributed by atoms with van der Waals surface area (Å²) in [5.41, 5.74) is -1.64. The lowest BCUT2D eigenvalue weighted by atomic mass is 9.94. The highest BCUT2D eigenvalue weighted by molar-refractivity contribution is 7.85. The number of alkyl halides is 12. The lowest BCUT2D eigenvalue weighted by Crippen LogP contribution is -2.69. The number of hydrogen-bond acceptors (Lipinski definition) is 4. The molecule has 1 rings (SSSR count). The van der Waals surface area contributed by atoms with Crippen LogP contribution >= 0.6 is 0 Å². The third-order valence-corrected chi connectivity index (χ3v) is 4.58. The molecule has 0 unspecified atom stereocenters. The molecular formula is C15H10F12O5S. The zero-order chi connectivity index (χ0) is 26.3. The van der Waals surface area contributed by atoms with E-state index >= 15 is 0 Å². The van der Waals surface area contributed by atoms with Gasteiger partial charge in [0.15, 0.2) is 6.61 Å². The van der Waals surface area contributed by atoms with Crippen molar-refractivity contribution in [1.82, 2.24) is 0 Å². The summed E-state index contributed by atoms with van der Waals surface area (Å²) in [6, 6.07) is 3.44. The monoisotopic (exact) mass is 530 g/mol. The summed E-state index contributed by atoms with van der Waals surface area (Å²) < 4.78 is 191. The Morgan fingerprint density at radius 1 is 0.879 bits per heavy atom. The standard InChI is InChI=1S/C15H10F12O5S/c16-10(17)12(20,21)14(24,25)15(26,27)13(22,23)11(18,19)6-32-9(28)8-4-2-1-3-7(8)5-33(29,30)31/h1-4,10H,5-6H2,(H,29,30,31). The molecule has 0 bridgehead atoms.